The van der Waals surface area contributed by atoms with Gasteiger partial charge in [0.05, 0.1) is 0 Å². The third-order valence-electron chi connectivity index (χ3n) is 4.99. The SMILES string of the molecule is CCCCCCCCCCCC[PH](CCO)(CCO)CCO. The molecule has 0 aromatic rings. The van der Waals surface area contributed by atoms with Gasteiger partial charge in [0.15, 0.2) is 0 Å². The van der Waals surface area contributed by atoms with Crippen molar-refractivity contribution in [1.82, 2.24) is 0 Å². The molecule has 0 unspecified atom stereocenters. The van der Waals surface area contributed by atoms with Crippen molar-refractivity contribution in [3.8, 4) is 0 Å². The Morgan fingerprint density at radius 1 is 0.500 bits per heavy atom. The van der Waals surface area contributed by atoms with Crippen LogP contribution < -0.4 is 0 Å². The third kappa shape index (κ3) is 11.8. The van der Waals surface area contributed by atoms with Gasteiger partial charge in [0.25, 0.3) is 0 Å². The topological polar surface area (TPSA) is 60.7 Å². The van der Waals surface area contributed by atoms with Gasteiger partial charge in [0.2, 0.25) is 0 Å². The minimum absolute atomic E-state index is 0.212. The van der Waals surface area contributed by atoms with Gasteiger partial charge in [0, 0.05) is 0 Å². The molecule has 4 heteroatoms. The maximum atomic E-state index is 9.29. The summed E-state index contributed by atoms with van der Waals surface area (Å²) in [6.07, 6.45) is 17.1. The maximum absolute atomic E-state index is 9.29. The molecule has 0 amide bonds. The van der Waals surface area contributed by atoms with Gasteiger partial charge in [-0.25, -0.2) is 0 Å². The van der Waals surface area contributed by atoms with Gasteiger partial charge in [-0.15, -0.1) is 0 Å². The molecule has 0 aliphatic carbocycles. The van der Waals surface area contributed by atoms with E-state index in [1.165, 1.54) is 64.2 Å². The van der Waals surface area contributed by atoms with Crippen LogP contribution in [0.15, 0.2) is 0 Å². The van der Waals surface area contributed by atoms with Crippen molar-refractivity contribution in [2.24, 2.45) is 0 Å². The van der Waals surface area contributed by atoms with Crippen molar-refractivity contribution in [1.29, 1.82) is 0 Å². The summed E-state index contributed by atoms with van der Waals surface area (Å²) in [5.41, 5.74) is 0. The molecule has 0 saturated heterocycles. The summed E-state index contributed by atoms with van der Waals surface area (Å²) in [4.78, 5) is 0. The molecule has 0 aromatic carbocycles. The molecule has 3 nitrogen and oxygen atoms in total. The fraction of sp³-hybridized carbons (Fsp3) is 1.00. The molecule has 0 radical (unpaired) electrons. The molecule has 0 fully saturated rings. The number of unbranched alkanes of at least 4 members (excludes halogenated alkanes) is 9. The van der Waals surface area contributed by atoms with Gasteiger partial charge in [-0.3, -0.25) is 0 Å². The monoisotopic (exact) mass is 336 g/mol. The quantitative estimate of drug-likeness (QED) is 0.281. The van der Waals surface area contributed by atoms with E-state index < -0.39 is 7.26 Å². The second-order valence-corrected chi connectivity index (χ2v) is 11.9. The molecule has 3 N–H and O–H groups in total. The molecule has 0 saturated carbocycles. The molecule has 0 atom stereocenters. The fourth-order valence-corrected chi connectivity index (χ4v) is 7.37. The standard InChI is InChI=1S/C18H41O3P/c1-2-3-4-5-6-7-8-9-10-11-15-22(16-12-19,17-13-20)18-14-21/h19-22H,2-18H2,1H3. The molecular formula is C18H41O3P. The second-order valence-electron chi connectivity index (χ2n) is 6.85. The van der Waals surface area contributed by atoms with Crippen LogP contribution >= 0.6 is 7.26 Å². The molecule has 0 aliphatic heterocycles. The molecule has 0 heterocycles. The number of aliphatic hydroxyl groups is 3. The molecule has 136 valence electrons. The zero-order valence-corrected chi connectivity index (χ0v) is 15.9. The average molecular weight is 336 g/mol. The number of rotatable bonds is 17. The van der Waals surface area contributed by atoms with Crippen LogP contribution in [0.2, 0.25) is 0 Å². The first kappa shape index (κ1) is 22.3. The Bertz CT molecular complexity index is 207. The zero-order valence-electron chi connectivity index (χ0n) is 14.9. The molecular weight excluding hydrogens is 295 g/mol. The Morgan fingerprint density at radius 2 is 0.864 bits per heavy atom. The van der Waals surface area contributed by atoms with Gasteiger partial charge < -0.3 is 0 Å². The summed E-state index contributed by atoms with van der Waals surface area (Å²) in [5, 5.41) is 27.9. The van der Waals surface area contributed by atoms with E-state index in [2.05, 4.69) is 6.92 Å². The second kappa shape index (κ2) is 16.2. The van der Waals surface area contributed by atoms with Gasteiger partial charge >= 0.3 is 138 Å². The van der Waals surface area contributed by atoms with Crippen LogP contribution in [-0.4, -0.2) is 59.8 Å². The van der Waals surface area contributed by atoms with E-state index in [9.17, 15) is 15.3 Å². The van der Waals surface area contributed by atoms with Crippen molar-refractivity contribution >= 4 is 7.26 Å². The van der Waals surface area contributed by atoms with E-state index >= 15 is 0 Å². The average Bonchev–Trinajstić information content (AvgIpc) is 2.50. The zero-order chi connectivity index (χ0) is 16.5. The molecule has 0 spiro atoms. The van der Waals surface area contributed by atoms with Crippen LogP contribution in [0.5, 0.6) is 0 Å². The fourth-order valence-electron chi connectivity index (χ4n) is 3.45. The Kier molecular flexibility index (Phi) is 16.4. The predicted molar refractivity (Wildman–Crippen MR) is 101 cm³/mol. The van der Waals surface area contributed by atoms with E-state index in [1.54, 1.807) is 0 Å². The molecule has 0 aromatic heterocycles. The van der Waals surface area contributed by atoms with Gasteiger partial charge in [0.1, 0.15) is 0 Å². The Balaban J connectivity index is 3.70. The van der Waals surface area contributed by atoms with Crippen molar-refractivity contribution in [3.63, 3.8) is 0 Å². The number of hydrogen-bond acceptors (Lipinski definition) is 3. The van der Waals surface area contributed by atoms with Crippen molar-refractivity contribution in [2.45, 2.75) is 71.1 Å². The van der Waals surface area contributed by atoms with Gasteiger partial charge in [-0.1, -0.05) is 0 Å². The Morgan fingerprint density at radius 3 is 1.23 bits per heavy atom. The number of hydrogen-bond donors (Lipinski definition) is 3. The Hall–Kier alpha value is 0.310. The third-order valence-corrected chi connectivity index (χ3v) is 10.3. The molecule has 0 bridgehead atoms. The molecule has 22 heavy (non-hydrogen) atoms. The van der Waals surface area contributed by atoms with Crippen molar-refractivity contribution < 1.29 is 15.3 Å². The first-order chi connectivity index (χ1) is 10.7. The van der Waals surface area contributed by atoms with Gasteiger partial charge in [-0.05, 0) is 0 Å². The summed E-state index contributed by atoms with van der Waals surface area (Å²) in [5.74, 6) is 0. The van der Waals surface area contributed by atoms with Crippen LogP contribution in [0.4, 0.5) is 0 Å². The van der Waals surface area contributed by atoms with Crippen LogP contribution in [0.3, 0.4) is 0 Å². The normalized spacial score (nSPS) is 12.7. The summed E-state index contributed by atoms with van der Waals surface area (Å²) in [6.45, 7) is 2.89. The summed E-state index contributed by atoms with van der Waals surface area (Å²) in [6, 6.07) is 0. The van der Waals surface area contributed by atoms with Crippen LogP contribution in [-0.2, 0) is 0 Å². The van der Waals surface area contributed by atoms with Crippen LogP contribution in [0, 0.1) is 0 Å². The summed E-state index contributed by atoms with van der Waals surface area (Å²) in [7, 11) is -1.64. The van der Waals surface area contributed by atoms with Gasteiger partial charge in [-0.2, -0.15) is 0 Å². The minimum atomic E-state index is -1.64. The van der Waals surface area contributed by atoms with E-state index in [0.29, 0.717) is 0 Å². The number of aliphatic hydroxyl groups excluding tert-OH is 3. The summed E-state index contributed by atoms with van der Waals surface area (Å²) >= 11 is 0. The predicted octanol–water partition coefficient (Wildman–Crippen LogP) is 3.63. The Labute approximate surface area is 138 Å². The van der Waals surface area contributed by atoms with E-state index in [1.807, 2.05) is 0 Å². The van der Waals surface area contributed by atoms with Crippen LogP contribution in [0.1, 0.15) is 71.1 Å². The first-order valence-corrected chi connectivity index (χ1v) is 12.4. The summed E-state index contributed by atoms with van der Waals surface area (Å²) < 4.78 is 0. The molecule has 0 rings (SSSR count). The molecule has 0 aliphatic rings. The van der Waals surface area contributed by atoms with E-state index in [0.717, 1.165) is 24.6 Å². The first-order valence-electron chi connectivity index (χ1n) is 9.57. The van der Waals surface area contributed by atoms with Crippen molar-refractivity contribution in [2.75, 3.05) is 44.5 Å². The van der Waals surface area contributed by atoms with Crippen molar-refractivity contribution in [3.05, 3.63) is 0 Å². The van der Waals surface area contributed by atoms with E-state index in [4.69, 9.17) is 0 Å². The van der Waals surface area contributed by atoms with Crippen LogP contribution in [0.25, 0.3) is 0 Å². The van der Waals surface area contributed by atoms with E-state index in [-0.39, 0.29) is 19.8 Å².